The van der Waals surface area contributed by atoms with Crippen molar-refractivity contribution in [1.29, 1.82) is 0 Å². The molecule has 2 aromatic rings. The second kappa shape index (κ2) is 5.11. The van der Waals surface area contributed by atoms with E-state index in [0.717, 1.165) is 11.5 Å². The summed E-state index contributed by atoms with van der Waals surface area (Å²) < 4.78 is 3.66. The number of aromatic nitrogens is 2. The van der Waals surface area contributed by atoms with Gasteiger partial charge in [0.2, 0.25) is 0 Å². The van der Waals surface area contributed by atoms with Crippen LogP contribution in [-0.2, 0) is 0 Å². The summed E-state index contributed by atoms with van der Waals surface area (Å²) in [5.74, 6) is -0.247. The number of amides is 1. The van der Waals surface area contributed by atoms with Crippen molar-refractivity contribution in [3.8, 4) is 0 Å². The number of anilines is 2. The van der Waals surface area contributed by atoms with Crippen molar-refractivity contribution in [2.45, 2.75) is 0 Å². The number of nitrogens with zero attached hydrogens (tertiary/aromatic N) is 2. The highest BCUT2D eigenvalue weighted by molar-refractivity contribution is 7.10. The molecule has 1 aromatic carbocycles. The molecule has 0 bridgehead atoms. The molecule has 0 radical (unpaired) electrons. The van der Waals surface area contributed by atoms with Crippen LogP contribution in [-0.4, -0.2) is 22.5 Å². The lowest BCUT2D eigenvalue weighted by atomic mass is 10.1. The molecule has 1 amide bonds. The molecule has 0 saturated carbocycles. The third-order valence-electron chi connectivity index (χ3n) is 2.09. The van der Waals surface area contributed by atoms with E-state index in [0.29, 0.717) is 21.3 Å². The Morgan fingerprint density at radius 1 is 1.47 bits per heavy atom. The summed E-state index contributed by atoms with van der Waals surface area (Å²) in [7, 11) is 1.74. The molecule has 0 fully saturated rings. The Morgan fingerprint density at radius 3 is 2.94 bits per heavy atom. The van der Waals surface area contributed by atoms with Gasteiger partial charge >= 0.3 is 0 Å². The maximum Gasteiger partial charge on any atom is 0.258 e. The van der Waals surface area contributed by atoms with E-state index in [1.165, 1.54) is 6.20 Å². The van der Waals surface area contributed by atoms with E-state index in [-0.39, 0.29) is 5.91 Å². The van der Waals surface area contributed by atoms with E-state index in [4.69, 9.17) is 11.6 Å². The van der Waals surface area contributed by atoms with E-state index in [9.17, 15) is 4.79 Å². The molecule has 1 aromatic heterocycles. The molecule has 0 saturated heterocycles. The summed E-state index contributed by atoms with van der Waals surface area (Å²) in [6.45, 7) is 0. The molecule has 0 atom stereocenters. The molecule has 0 spiro atoms. The van der Waals surface area contributed by atoms with Gasteiger partial charge in [0.15, 0.2) is 0 Å². The normalized spacial score (nSPS) is 10.0. The number of hydrogen-bond acceptors (Lipinski definition) is 5. The highest BCUT2D eigenvalue weighted by Gasteiger charge is 2.12. The van der Waals surface area contributed by atoms with E-state index >= 15 is 0 Å². The molecule has 17 heavy (non-hydrogen) atoms. The summed E-state index contributed by atoms with van der Waals surface area (Å²) >= 11 is 6.99. The van der Waals surface area contributed by atoms with Crippen LogP contribution < -0.4 is 10.6 Å². The Hall–Kier alpha value is -1.66. The fourth-order valence-electron chi connectivity index (χ4n) is 1.32. The third kappa shape index (κ3) is 2.72. The molecule has 1 heterocycles. The van der Waals surface area contributed by atoms with Crippen LogP contribution in [0.15, 0.2) is 24.4 Å². The van der Waals surface area contributed by atoms with Crippen molar-refractivity contribution in [2.75, 3.05) is 17.7 Å². The first-order valence-electron chi connectivity index (χ1n) is 4.76. The zero-order chi connectivity index (χ0) is 12.3. The van der Waals surface area contributed by atoms with Gasteiger partial charge in [0.1, 0.15) is 5.00 Å². The molecular weight excluding hydrogens is 260 g/mol. The lowest BCUT2D eigenvalue weighted by Crippen LogP contribution is -2.13. The number of carbonyl (C=O) groups excluding carboxylic acids is 1. The van der Waals surface area contributed by atoms with Crippen molar-refractivity contribution < 1.29 is 4.79 Å². The maximum atomic E-state index is 12.0. The monoisotopic (exact) mass is 268 g/mol. The molecular formula is C10H9ClN4OS. The largest absolute Gasteiger partial charge is 0.387 e. The number of benzene rings is 1. The first kappa shape index (κ1) is 11.8. The highest BCUT2D eigenvalue weighted by atomic mass is 35.5. The number of carbonyl (C=O) groups is 1. The van der Waals surface area contributed by atoms with Gasteiger partial charge in [-0.15, -0.1) is 5.10 Å². The summed E-state index contributed by atoms with van der Waals surface area (Å²) in [5, 5.41) is 10.4. The summed E-state index contributed by atoms with van der Waals surface area (Å²) in [4.78, 5) is 12.0. The van der Waals surface area contributed by atoms with Crippen LogP contribution in [0.5, 0.6) is 0 Å². The third-order valence-corrected chi connectivity index (χ3v) is 2.91. The van der Waals surface area contributed by atoms with Crippen LogP contribution >= 0.6 is 23.1 Å². The minimum absolute atomic E-state index is 0.247. The fraction of sp³-hybridized carbons (Fsp3) is 0.100. The molecule has 0 aliphatic carbocycles. The summed E-state index contributed by atoms with van der Waals surface area (Å²) in [6, 6.07) is 5.08. The lowest BCUT2D eigenvalue weighted by molar-refractivity contribution is 0.102. The molecule has 5 nitrogen and oxygen atoms in total. The first-order valence-corrected chi connectivity index (χ1v) is 5.92. The maximum absolute atomic E-state index is 12.0. The van der Waals surface area contributed by atoms with Gasteiger partial charge in [-0.3, -0.25) is 4.79 Å². The SMILES string of the molecule is CNc1ccc(Cl)cc1C(=O)Nc1cnns1. The molecule has 2 N–H and O–H groups in total. The van der Waals surface area contributed by atoms with Crippen molar-refractivity contribution in [3.63, 3.8) is 0 Å². The number of halogens is 1. The molecule has 0 unspecified atom stereocenters. The first-order chi connectivity index (χ1) is 8.20. The molecule has 0 aliphatic heterocycles. The Morgan fingerprint density at radius 2 is 2.29 bits per heavy atom. The minimum Gasteiger partial charge on any atom is -0.387 e. The van der Waals surface area contributed by atoms with Crippen LogP contribution in [0.1, 0.15) is 10.4 Å². The topological polar surface area (TPSA) is 66.9 Å². The minimum atomic E-state index is -0.247. The molecule has 88 valence electrons. The Labute approximate surface area is 107 Å². The van der Waals surface area contributed by atoms with Crippen LogP contribution in [0, 0.1) is 0 Å². The van der Waals surface area contributed by atoms with Gasteiger partial charge in [-0.25, -0.2) is 0 Å². The Balaban J connectivity index is 2.26. The van der Waals surface area contributed by atoms with E-state index < -0.39 is 0 Å². The number of nitrogens with one attached hydrogen (secondary N) is 2. The second-order valence-corrected chi connectivity index (χ2v) is 4.40. The van der Waals surface area contributed by atoms with Gasteiger partial charge in [-0.2, -0.15) is 0 Å². The number of rotatable bonds is 3. The lowest BCUT2D eigenvalue weighted by Gasteiger charge is -2.08. The predicted octanol–water partition coefficient (Wildman–Crippen LogP) is 2.49. The van der Waals surface area contributed by atoms with E-state index in [1.54, 1.807) is 25.2 Å². The van der Waals surface area contributed by atoms with E-state index in [1.807, 2.05) is 0 Å². The van der Waals surface area contributed by atoms with Gasteiger partial charge < -0.3 is 10.6 Å². The van der Waals surface area contributed by atoms with Gasteiger partial charge in [0.05, 0.1) is 11.8 Å². The van der Waals surface area contributed by atoms with Crippen molar-refractivity contribution in [3.05, 3.63) is 35.0 Å². The zero-order valence-corrected chi connectivity index (χ0v) is 10.5. The smallest absolute Gasteiger partial charge is 0.258 e. The standard InChI is InChI=1S/C10H9ClN4OS/c1-12-8-3-2-6(11)4-7(8)10(16)14-9-5-13-15-17-9/h2-5,12H,1H3,(H,14,16). The van der Waals surface area contributed by atoms with Crippen LogP contribution in [0.4, 0.5) is 10.7 Å². The van der Waals surface area contributed by atoms with Gasteiger partial charge in [0.25, 0.3) is 5.91 Å². The Bertz CT molecular complexity index is 529. The number of hydrogen-bond donors (Lipinski definition) is 2. The Kier molecular flexibility index (Phi) is 3.55. The average molecular weight is 269 g/mol. The van der Waals surface area contributed by atoms with Gasteiger partial charge in [-0.1, -0.05) is 16.1 Å². The molecule has 2 rings (SSSR count). The van der Waals surface area contributed by atoms with Crippen LogP contribution in [0.2, 0.25) is 5.02 Å². The van der Waals surface area contributed by atoms with Gasteiger partial charge in [0, 0.05) is 29.3 Å². The second-order valence-electron chi connectivity index (χ2n) is 3.18. The summed E-state index contributed by atoms with van der Waals surface area (Å²) in [6.07, 6.45) is 1.49. The fourth-order valence-corrected chi connectivity index (χ4v) is 1.91. The van der Waals surface area contributed by atoms with E-state index in [2.05, 4.69) is 20.2 Å². The van der Waals surface area contributed by atoms with Gasteiger partial charge in [-0.05, 0) is 18.2 Å². The van der Waals surface area contributed by atoms with Crippen LogP contribution in [0.3, 0.4) is 0 Å². The zero-order valence-electron chi connectivity index (χ0n) is 8.90. The molecule has 0 aliphatic rings. The van der Waals surface area contributed by atoms with Crippen molar-refractivity contribution >= 4 is 39.7 Å². The predicted molar refractivity (Wildman–Crippen MR) is 68.9 cm³/mol. The van der Waals surface area contributed by atoms with Crippen LogP contribution in [0.25, 0.3) is 0 Å². The molecule has 7 heteroatoms. The highest BCUT2D eigenvalue weighted by Crippen LogP contribution is 2.22. The quantitative estimate of drug-likeness (QED) is 0.897. The average Bonchev–Trinajstić information content (AvgIpc) is 2.81. The summed E-state index contributed by atoms with van der Waals surface area (Å²) in [5.41, 5.74) is 1.19. The van der Waals surface area contributed by atoms with Crippen molar-refractivity contribution in [2.24, 2.45) is 0 Å². The van der Waals surface area contributed by atoms with Crippen molar-refractivity contribution in [1.82, 2.24) is 9.59 Å².